The zero-order chi connectivity index (χ0) is 15.9. The average Bonchev–Trinajstić information content (AvgIpc) is 3.01. The van der Waals surface area contributed by atoms with Crippen molar-refractivity contribution in [3.8, 4) is 0 Å². The maximum absolute atomic E-state index is 12.1. The Hall–Kier alpha value is -1.93. The third kappa shape index (κ3) is 2.97. The van der Waals surface area contributed by atoms with E-state index in [0.717, 1.165) is 10.1 Å². The number of carbonyl (C=O) groups is 2. The number of carbonyl (C=O) groups excluding carboxylic acids is 1. The molecule has 2 N–H and O–H groups in total. The number of amides is 1. The number of sulfone groups is 1. The molecule has 0 saturated carbocycles. The fourth-order valence-corrected chi connectivity index (χ4v) is 5.10. The molecule has 1 aliphatic heterocycles. The first-order valence-corrected chi connectivity index (χ1v) is 9.26. The lowest BCUT2D eigenvalue weighted by atomic mass is 10.1. The van der Waals surface area contributed by atoms with Crippen LogP contribution in [0.1, 0.15) is 16.1 Å². The summed E-state index contributed by atoms with van der Waals surface area (Å²) in [5.74, 6) is -1.87. The maximum atomic E-state index is 12.1. The number of nitrogens with one attached hydrogen (secondary N) is 1. The molecule has 1 aromatic carbocycles. The van der Waals surface area contributed by atoms with Gasteiger partial charge in [0.2, 0.25) is 5.91 Å². The Kier molecular flexibility index (Phi) is 3.65. The van der Waals surface area contributed by atoms with E-state index in [0.29, 0.717) is 12.1 Å². The van der Waals surface area contributed by atoms with E-state index in [2.05, 4.69) is 5.32 Å². The highest BCUT2D eigenvalue weighted by Gasteiger charge is 2.32. The number of thiophene rings is 1. The van der Waals surface area contributed by atoms with E-state index in [4.69, 9.17) is 5.11 Å². The molecule has 1 unspecified atom stereocenters. The molecule has 0 spiro atoms. The van der Waals surface area contributed by atoms with Gasteiger partial charge in [-0.3, -0.25) is 4.79 Å². The number of hydrogen-bond donors (Lipinski definition) is 2. The second kappa shape index (κ2) is 5.36. The Morgan fingerprint density at radius 3 is 2.68 bits per heavy atom. The van der Waals surface area contributed by atoms with Gasteiger partial charge in [0.25, 0.3) is 0 Å². The highest BCUT2D eigenvalue weighted by Crippen LogP contribution is 2.29. The average molecular weight is 339 g/mol. The molecule has 8 heteroatoms. The van der Waals surface area contributed by atoms with Crippen LogP contribution in [0.3, 0.4) is 0 Å². The van der Waals surface area contributed by atoms with E-state index < -0.39 is 21.7 Å². The lowest BCUT2D eigenvalue weighted by Crippen LogP contribution is -2.23. The molecule has 1 aliphatic rings. The molecular formula is C14H13NO5S2. The van der Waals surface area contributed by atoms with Gasteiger partial charge in [-0.15, -0.1) is 11.3 Å². The molecule has 3 rings (SSSR count). The van der Waals surface area contributed by atoms with Gasteiger partial charge in [-0.2, -0.15) is 0 Å². The Bertz CT molecular complexity index is 868. The van der Waals surface area contributed by atoms with Crippen molar-refractivity contribution in [2.45, 2.75) is 6.42 Å². The quantitative estimate of drug-likeness (QED) is 0.890. The second-order valence-electron chi connectivity index (χ2n) is 5.26. The normalized spacial score (nSPS) is 20.1. The van der Waals surface area contributed by atoms with Gasteiger partial charge >= 0.3 is 5.97 Å². The van der Waals surface area contributed by atoms with Crippen molar-refractivity contribution in [2.75, 3.05) is 16.8 Å². The van der Waals surface area contributed by atoms with Gasteiger partial charge in [0.05, 0.1) is 17.4 Å². The van der Waals surface area contributed by atoms with Gasteiger partial charge in [0, 0.05) is 10.4 Å². The van der Waals surface area contributed by atoms with Gasteiger partial charge in [0.15, 0.2) is 9.84 Å². The SMILES string of the molecule is O=C(O)c1cc2cc(NC(=O)C3CCS(=O)(=O)C3)ccc2s1. The molecule has 0 bridgehead atoms. The van der Waals surface area contributed by atoms with Crippen LogP contribution in [-0.2, 0) is 14.6 Å². The standard InChI is InChI=1S/C14H13NO5S2/c16-13(8-3-4-22(19,20)7-8)15-10-1-2-11-9(5-10)6-12(21-11)14(17)18/h1-2,5-6,8H,3-4,7H2,(H,15,16)(H,17,18). The van der Waals surface area contributed by atoms with Crippen molar-refractivity contribution in [3.63, 3.8) is 0 Å². The predicted octanol–water partition coefficient (Wildman–Crippen LogP) is 1.97. The smallest absolute Gasteiger partial charge is 0.345 e. The van der Waals surface area contributed by atoms with E-state index in [1.165, 1.54) is 11.3 Å². The summed E-state index contributed by atoms with van der Waals surface area (Å²) in [6.45, 7) is 0. The monoisotopic (exact) mass is 339 g/mol. The van der Waals surface area contributed by atoms with Crippen LogP contribution in [0.2, 0.25) is 0 Å². The summed E-state index contributed by atoms with van der Waals surface area (Å²) >= 11 is 1.17. The number of aromatic carboxylic acids is 1. The highest BCUT2D eigenvalue weighted by atomic mass is 32.2. The largest absolute Gasteiger partial charge is 0.477 e. The first-order valence-electron chi connectivity index (χ1n) is 6.62. The zero-order valence-electron chi connectivity index (χ0n) is 11.4. The van der Waals surface area contributed by atoms with Crippen molar-refractivity contribution in [2.24, 2.45) is 5.92 Å². The molecule has 1 aromatic heterocycles. The Morgan fingerprint density at radius 1 is 1.27 bits per heavy atom. The van der Waals surface area contributed by atoms with Crippen molar-refractivity contribution in [1.82, 2.24) is 0 Å². The zero-order valence-corrected chi connectivity index (χ0v) is 13.0. The van der Waals surface area contributed by atoms with E-state index in [9.17, 15) is 18.0 Å². The molecule has 1 amide bonds. The van der Waals surface area contributed by atoms with Crippen molar-refractivity contribution in [3.05, 3.63) is 29.1 Å². The van der Waals surface area contributed by atoms with Crippen molar-refractivity contribution in [1.29, 1.82) is 0 Å². The number of carboxylic acid groups (broad SMARTS) is 1. The molecule has 0 aliphatic carbocycles. The van der Waals surface area contributed by atoms with Gasteiger partial charge in [0.1, 0.15) is 4.88 Å². The fraction of sp³-hybridized carbons (Fsp3) is 0.286. The third-order valence-electron chi connectivity index (χ3n) is 3.60. The summed E-state index contributed by atoms with van der Waals surface area (Å²) in [6, 6.07) is 6.68. The van der Waals surface area contributed by atoms with Gasteiger partial charge in [-0.25, -0.2) is 13.2 Å². The molecule has 6 nitrogen and oxygen atoms in total. The molecule has 2 heterocycles. The minimum atomic E-state index is -3.10. The number of anilines is 1. The molecular weight excluding hydrogens is 326 g/mol. The lowest BCUT2D eigenvalue weighted by Gasteiger charge is -2.09. The van der Waals surface area contributed by atoms with Crippen LogP contribution < -0.4 is 5.32 Å². The fourth-order valence-electron chi connectivity index (χ4n) is 2.47. The number of benzene rings is 1. The maximum Gasteiger partial charge on any atom is 0.345 e. The van der Waals surface area contributed by atoms with Crippen LogP contribution in [0.5, 0.6) is 0 Å². The summed E-state index contributed by atoms with van der Waals surface area (Å²) in [5, 5.41) is 12.4. The molecule has 0 radical (unpaired) electrons. The molecule has 1 fully saturated rings. The Morgan fingerprint density at radius 2 is 2.05 bits per heavy atom. The van der Waals surface area contributed by atoms with Gasteiger partial charge in [-0.1, -0.05) is 0 Å². The highest BCUT2D eigenvalue weighted by molar-refractivity contribution is 7.91. The Balaban J connectivity index is 1.79. The van der Waals surface area contributed by atoms with E-state index >= 15 is 0 Å². The van der Waals surface area contributed by atoms with Crippen LogP contribution in [-0.4, -0.2) is 36.9 Å². The summed E-state index contributed by atoms with van der Waals surface area (Å²) < 4.78 is 23.6. The molecule has 1 atom stereocenters. The summed E-state index contributed by atoms with van der Waals surface area (Å²) in [5.41, 5.74) is 0.538. The lowest BCUT2D eigenvalue weighted by molar-refractivity contribution is -0.119. The summed E-state index contributed by atoms with van der Waals surface area (Å²) in [4.78, 5) is 23.3. The molecule has 22 heavy (non-hydrogen) atoms. The van der Waals surface area contributed by atoms with E-state index in [1.54, 1.807) is 24.3 Å². The van der Waals surface area contributed by atoms with Gasteiger partial charge in [-0.05, 0) is 36.1 Å². The number of carboxylic acids is 1. The topological polar surface area (TPSA) is 101 Å². The summed E-state index contributed by atoms with van der Waals surface area (Å²) in [7, 11) is -3.10. The molecule has 2 aromatic rings. The first kappa shape index (κ1) is 15.0. The van der Waals surface area contributed by atoms with E-state index in [-0.39, 0.29) is 22.3 Å². The van der Waals surface area contributed by atoms with Crippen molar-refractivity contribution < 1.29 is 23.1 Å². The van der Waals surface area contributed by atoms with Crippen LogP contribution in [0.4, 0.5) is 5.69 Å². The first-order chi connectivity index (χ1) is 10.3. The van der Waals surface area contributed by atoms with Crippen LogP contribution >= 0.6 is 11.3 Å². The third-order valence-corrected chi connectivity index (χ3v) is 6.47. The number of fused-ring (bicyclic) bond motifs is 1. The second-order valence-corrected chi connectivity index (χ2v) is 8.57. The number of rotatable bonds is 3. The Labute approximate surface area is 130 Å². The molecule has 1 saturated heterocycles. The summed E-state index contributed by atoms with van der Waals surface area (Å²) in [6.07, 6.45) is 0.345. The van der Waals surface area contributed by atoms with Crippen LogP contribution in [0.15, 0.2) is 24.3 Å². The van der Waals surface area contributed by atoms with Crippen molar-refractivity contribution >= 4 is 48.8 Å². The predicted molar refractivity (Wildman–Crippen MR) is 84.2 cm³/mol. The van der Waals surface area contributed by atoms with Gasteiger partial charge < -0.3 is 10.4 Å². The minimum absolute atomic E-state index is 0.0522. The minimum Gasteiger partial charge on any atom is -0.477 e. The van der Waals surface area contributed by atoms with Crippen LogP contribution in [0, 0.1) is 5.92 Å². The van der Waals surface area contributed by atoms with Crippen LogP contribution in [0.25, 0.3) is 10.1 Å². The molecule has 116 valence electrons. The van der Waals surface area contributed by atoms with E-state index in [1.807, 2.05) is 0 Å². The number of hydrogen-bond acceptors (Lipinski definition) is 5.